The summed E-state index contributed by atoms with van der Waals surface area (Å²) in [6, 6.07) is 78.1. The van der Waals surface area contributed by atoms with E-state index < -0.39 is 0 Å². The number of fused-ring (bicyclic) bond motifs is 2. The maximum Gasteiger partial charge on any atom is 0.138 e. The first-order valence-corrected chi connectivity index (χ1v) is 19.5. The minimum atomic E-state index is 0.895. The van der Waals surface area contributed by atoms with Gasteiger partial charge in [0.05, 0.1) is 0 Å². The van der Waals surface area contributed by atoms with Gasteiger partial charge in [0, 0.05) is 33.6 Å². The Morgan fingerprint density at radius 1 is 0.333 bits per heavy atom. The molecule has 10 aromatic rings. The van der Waals surface area contributed by atoms with Crippen LogP contribution in [0.1, 0.15) is 5.56 Å². The van der Waals surface area contributed by atoms with Crippen molar-refractivity contribution < 1.29 is 4.42 Å². The molecular weight excluding hydrogens is 691 g/mol. The van der Waals surface area contributed by atoms with Crippen LogP contribution in [0.2, 0.25) is 0 Å². The summed E-state index contributed by atoms with van der Waals surface area (Å²) < 4.78 is 6.46. The van der Waals surface area contributed by atoms with E-state index in [1.807, 2.05) is 12.1 Å². The first-order valence-electron chi connectivity index (χ1n) is 19.5. The van der Waals surface area contributed by atoms with Crippen molar-refractivity contribution in [2.75, 3.05) is 4.90 Å². The Hall–Kier alpha value is -7.42. The normalized spacial score (nSPS) is 11.2. The number of anilines is 3. The Balaban J connectivity index is 1.07. The highest BCUT2D eigenvalue weighted by molar-refractivity contribution is 5.97. The molecule has 9 aromatic carbocycles. The van der Waals surface area contributed by atoms with Crippen molar-refractivity contribution in [1.29, 1.82) is 0 Å². The number of aryl methyl sites for hydroxylation is 1. The maximum absolute atomic E-state index is 6.46. The van der Waals surface area contributed by atoms with Crippen LogP contribution in [0.25, 0.3) is 77.6 Å². The Bertz CT molecular complexity index is 3010. The van der Waals surface area contributed by atoms with E-state index in [0.29, 0.717) is 0 Å². The highest BCUT2D eigenvalue weighted by Crippen LogP contribution is 2.42. The summed E-state index contributed by atoms with van der Waals surface area (Å²) in [4.78, 5) is 2.34. The average molecular weight is 730 g/mol. The van der Waals surface area contributed by atoms with Crippen LogP contribution in [0.15, 0.2) is 223 Å². The van der Waals surface area contributed by atoms with Crippen LogP contribution in [0.5, 0.6) is 0 Å². The van der Waals surface area contributed by atoms with Crippen LogP contribution in [0.4, 0.5) is 17.1 Å². The molecule has 0 aliphatic carbocycles. The van der Waals surface area contributed by atoms with E-state index in [2.05, 4.69) is 218 Å². The monoisotopic (exact) mass is 729 g/mol. The number of para-hydroxylation sites is 1. The first-order chi connectivity index (χ1) is 28.2. The molecule has 1 aromatic heterocycles. The third-order valence-electron chi connectivity index (χ3n) is 11.1. The zero-order chi connectivity index (χ0) is 38.1. The molecule has 0 atom stereocenters. The molecule has 0 N–H and O–H groups in total. The Kier molecular flexibility index (Phi) is 8.78. The topological polar surface area (TPSA) is 16.4 Å². The molecule has 0 aliphatic rings. The lowest BCUT2D eigenvalue weighted by Gasteiger charge is -2.26. The molecule has 2 nitrogen and oxygen atoms in total. The van der Waals surface area contributed by atoms with Gasteiger partial charge in [0.1, 0.15) is 11.3 Å². The van der Waals surface area contributed by atoms with Crippen molar-refractivity contribution in [1.82, 2.24) is 0 Å². The molecule has 57 heavy (non-hydrogen) atoms. The lowest BCUT2D eigenvalue weighted by Crippen LogP contribution is -2.10. The van der Waals surface area contributed by atoms with Gasteiger partial charge in [-0.25, -0.2) is 0 Å². The maximum atomic E-state index is 6.46. The van der Waals surface area contributed by atoms with E-state index in [-0.39, 0.29) is 0 Å². The Morgan fingerprint density at radius 2 is 0.807 bits per heavy atom. The second-order valence-electron chi connectivity index (χ2n) is 14.5. The highest BCUT2D eigenvalue weighted by Gasteiger charge is 2.18. The minimum Gasteiger partial charge on any atom is -0.456 e. The predicted molar refractivity (Wildman–Crippen MR) is 240 cm³/mol. The fraction of sp³-hybridized carbons (Fsp3) is 0.0182. The van der Waals surface area contributed by atoms with Crippen molar-refractivity contribution in [2.24, 2.45) is 0 Å². The zero-order valence-electron chi connectivity index (χ0n) is 31.6. The van der Waals surface area contributed by atoms with Gasteiger partial charge < -0.3 is 9.32 Å². The molecule has 0 saturated carbocycles. The van der Waals surface area contributed by atoms with Gasteiger partial charge in [-0.3, -0.25) is 0 Å². The van der Waals surface area contributed by atoms with Crippen LogP contribution in [0, 0.1) is 6.92 Å². The van der Waals surface area contributed by atoms with Crippen molar-refractivity contribution in [3.63, 3.8) is 0 Å². The van der Waals surface area contributed by atoms with Gasteiger partial charge in [-0.1, -0.05) is 176 Å². The summed E-state index contributed by atoms with van der Waals surface area (Å²) in [6.45, 7) is 2.15. The van der Waals surface area contributed by atoms with E-state index in [4.69, 9.17) is 4.42 Å². The van der Waals surface area contributed by atoms with E-state index in [1.54, 1.807) is 0 Å². The Morgan fingerprint density at radius 3 is 1.47 bits per heavy atom. The molecule has 0 saturated heterocycles. The molecule has 0 unspecified atom stereocenters. The van der Waals surface area contributed by atoms with Gasteiger partial charge in [-0.2, -0.15) is 0 Å². The molecule has 10 rings (SSSR count). The predicted octanol–water partition coefficient (Wildman–Crippen LogP) is 15.7. The van der Waals surface area contributed by atoms with Gasteiger partial charge in [0.25, 0.3) is 0 Å². The second-order valence-corrected chi connectivity index (χ2v) is 14.5. The summed E-state index contributed by atoms with van der Waals surface area (Å²) in [6.07, 6.45) is 0. The molecule has 0 amide bonds. The van der Waals surface area contributed by atoms with Crippen molar-refractivity contribution in [3.05, 3.63) is 224 Å². The smallest absolute Gasteiger partial charge is 0.138 e. The summed E-state index contributed by atoms with van der Waals surface area (Å²) in [7, 11) is 0. The number of nitrogens with zero attached hydrogens (tertiary/aromatic N) is 1. The molecule has 0 fully saturated rings. The number of hydrogen-bond donors (Lipinski definition) is 0. The van der Waals surface area contributed by atoms with Crippen molar-refractivity contribution in [2.45, 2.75) is 6.92 Å². The lowest BCUT2D eigenvalue weighted by molar-refractivity contribution is 0.629. The zero-order valence-corrected chi connectivity index (χ0v) is 31.6. The van der Waals surface area contributed by atoms with Crippen LogP contribution in [-0.4, -0.2) is 0 Å². The fourth-order valence-corrected chi connectivity index (χ4v) is 8.30. The van der Waals surface area contributed by atoms with Crippen molar-refractivity contribution >= 4 is 38.8 Å². The quantitative estimate of drug-likeness (QED) is 0.155. The van der Waals surface area contributed by atoms with Gasteiger partial charge >= 0.3 is 0 Å². The van der Waals surface area contributed by atoms with Crippen LogP contribution >= 0.6 is 0 Å². The summed E-state index contributed by atoms with van der Waals surface area (Å²) in [5, 5.41) is 3.63. The third-order valence-corrected chi connectivity index (χ3v) is 11.1. The molecule has 1 heterocycles. The molecular formula is C55H39NO. The minimum absolute atomic E-state index is 0.895. The Labute approximate surface area is 333 Å². The summed E-state index contributed by atoms with van der Waals surface area (Å²) >= 11 is 0. The molecule has 0 spiro atoms. The van der Waals surface area contributed by atoms with Crippen molar-refractivity contribution in [3.8, 4) is 55.8 Å². The first kappa shape index (κ1) is 34.1. The summed E-state index contributed by atoms with van der Waals surface area (Å²) in [5.74, 6) is 0.895. The van der Waals surface area contributed by atoms with E-state index >= 15 is 0 Å². The van der Waals surface area contributed by atoms with Gasteiger partial charge in [-0.15, -0.1) is 0 Å². The molecule has 0 aliphatic heterocycles. The number of hydrogen-bond acceptors (Lipinski definition) is 2. The molecule has 0 bridgehead atoms. The van der Waals surface area contributed by atoms with E-state index in [0.717, 1.165) is 50.5 Å². The average Bonchev–Trinajstić information content (AvgIpc) is 3.63. The fourth-order valence-electron chi connectivity index (χ4n) is 8.30. The third kappa shape index (κ3) is 6.38. The number of rotatable bonds is 8. The molecule has 2 heteroatoms. The van der Waals surface area contributed by atoms with E-state index in [9.17, 15) is 0 Å². The number of benzene rings is 9. The molecule has 0 radical (unpaired) electrons. The number of furan rings is 1. The van der Waals surface area contributed by atoms with Gasteiger partial charge in [0.15, 0.2) is 0 Å². The second kappa shape index (κ2) is 14.7. The lowest BCUT2D eigenvalue weighted by atomic mass is 9.89. The van der Waals surface area contributed by atoms with Gasteiger partial charge in [-0.05, 0) is 105 Å². The van der Waals surface area contributed by atoms with Crippen LogP contribution in [-0.2, 0) is 0 Å². The SMILES string of the molecule is Cc1c(-c2cccc(N(c3ccc(-c4ccccc4-c4ccccc4-c4ccccc4)cc3)c3ccc(-c4cccc5ccccc45)cc3)c2)oc2ccccc12. The van der Waals surface area contributed by atoms with Crippen LogP contribution < -0.4 is 4.90 Å². The molecule has 270 valence electrons. The van der Waals surface area contributed by atoms with E-state index in [1.165, 1.54) is 49.7 Å². The van der Waals surface area contributed by atoms with Crippen LogP contribution in [0.3, 0.4) is 0 Å². The van der Waals surface area contributed by atoms with Gasteiger partial charge in [0.2, 0.25) is 0 Å². The highest BCUT2D eigenvalue weighted by atomic mass is 16.3. The standard InChI is InChI=1S/C55H39NO/c1-38-47-21-11-12-28-54(47)57-55(38)43-19-13-20-46(37-43)56(44-33-29-41(30-34-44)49-27-14-18-40-17-5-6-22-48(40)49)45-35-31-42(32-36-45)51-24-8-10-26-53(51)52-25-9-7-23-50(52)39-15-3-2-4-16-39/h2-37H,1H3. The summed E-state index contributed by atoms with van der Waals surface area (Å²) in [5.41, 5.74) is 15.9. The largest absolute Gasteiger partial charge is 0.456 e.